The fraction of sp³-hybridized carbons (Fsp3) is 0.444. The molecule has 2 N–H and O–H groups in total. The molecule has 136 valence electrons. The van der Waals surface area contributed by atoms with Gasteiger partial charge in [-0.2, -0.15) is 0 Å². The van der Waals surface area contributed by atoms with Gasteiger partial charge in [-0.05, 0) is 18.9 Å². The molecule has 0 spiro atoms. The Hall–Kier alpha value is -2.70. The molecule has 2 amide bonds. The van der Waals surface area contributed by atoms with E-state index in [1.807, 2.05) is 30.3 Å². The Kier molecular flexibility index (Phi) is 8.32. The lowest BCUT2D eigenvalue weighted by molar-refractivity contribution is -0.152. The SMILES string of the molecule is COC(=O)C(=O)CC(Cc1ccccc1)NC(=O)C[C@H](C)NC(C)=O. The quantitative estimate of drug-likeness (QED) is 0.507. The van der Waals surface area contributed by atoms with Crippen LogP contribution in [-0.2, 0) is 30.3 Å². The summed E-state index contributed by atoms with van der Waals surface area (Å²) < 4.78 is 4.43. The molecule has 0 heterocycles. The lowest BCUT2D eigenvalue weighted by Crippen LogP contribution is -2.42. The van der Waals surface area contributed by atoms with E-state index in [1.54, 1.807) is 6.92 Å². The molecular formula is C18H24N2O5. The lowest BCUT2D eigenvalue weighted by Gasteiger charge is -2.19. The molecule has 0 fully saturated rings. The van der Waals surface area contributed by atoms with Crippen LogP contribution in [0.2, 0.25) is 0 Å². The number of hydrogen-bond acceptors (Lipinski definition) is 5. The van der Waals surface area contributed by atoms with Crippen LogP contribution < -0.4 is 10.6 Å². The highest BCUT2D eigenvalue weighted by Gasteiger charge is 2.23. The van der Waals surface area contributed by atoms with E-state index < -0.39 is 17.8 Å². The summed E-state index contributed by atoms with van der Waals surface area (Å²) in [6.07, 6.45) is 0.336. The number of methoxy groups -OCH3 is 1. The van der Waals surface area contributed by atoms with Crippen LogP contribution in [0.1, 0.15) is 32.3 Å². The predicted octanol–water partition coefficient (Wildman–Crippen LogP) is 0.761. The fourth-order valence-corrected chi connectivity index (χ4v) is 2.46. The fourth-order valence-electron chi connectivity index (χ4n) is 2.46. The van der Waals surface area contributed by atoms with Crippen LogP contribution in [0.25, 0.3) is 0 Å². The second-order valence-electron chi connectivity index (χ2n) is 5.88. The molecule has 0 saturated heterocycles. The Morgan fingerprint density at radius 2 is 1.68 bits per heavy atom. The molecule has 1 unspecified atom stereocenters. The molecule has 2 atom stereocenters. The summed E-state index contributed by atoms with van der Waals surface area (Å²) in [6, 6.07) is 8.47. The minimum Gasteiger partial charge on any atom is -0.463 e. The van der Waals surface area contributed by atoms with Crippen molar-refractivity contribution in [3.8, 4) is 0 Å². The summed E-state index contributed by atoms with van der Waals surface area (Å²) in [6.45, 7) is 3.09. The van der Waals surface area contributed by atoms with Gasteiger partial charge in [-0.15, -0.1) is 0 Å². The average Bonchev–Trinajstić information content (AvgIpc) is 2.53. The number of rotatable bonds is 9. The zero-order valence-electron chi connectivity index (χ0n) is 14.7. The molecule has 0 radical (unpaired) electrons. The van der Waals surface area contributed by atoms with Gasteiger partial charge in [-0.3, -0.25) is 14.4 Å². The number of amides is 2. The van der Waals surface area contributed by atoms with Crippen molar-refractivity contribution in [1.82, 2.24) is 10.6 Å². The van der Waals surface area contributed by atoms with E-state index in [0.29, 0.717) is 6.42 Å². The third-order valence-electron chi connectivity index (χ3n) is 3.48. The smallest absolute Gasteiger partial charge is 0.374 e. The number of esters is 1. The monoisotopic (exact) mass is 348 g/mol. The van der Waals surface area contributed by atoms with Crippen molar-refractivity contribution in [1.29, 1.82) is 0 Å². The van der Waals surface area contributed by atoms with Gasteiger partial charge in [0.25, 0.3) is 0 Å². The van der Waals surface area contributed by atoms with E-state index >= 15 is 0 Å². The van der Waals surface area contributed by atoms with E-state index in [1.165, 1.54) is 6.92 Å². The van der Waals surface area contributed by atoms with Gasteiger partial charge in [0.2, 0.25) is 17.6 Å². The number of carbonyl (C=O) groups is 4. The number of Topliss-reactive ketones (excluding diaryl/α,β-unsaturated/α-hetero) is 1. The van der Waals surface area contributed by atoms with Gasteiger partial charge in [0.15, 0.2) is 0 Å². The van der Waals surface area contributed by atoms with Crippen molar-refractivity contribution < 1.29 is 23.9 Å². The van der Waals surface area contributed by atoms with Gasteiger partial charge in [-0.25, -0.2) is 4.79 Å². The van der Waals surface area contributed by atoms with Crippen molar-refractivity contribution in [2.45, 2.75) is 45.2 Å². The van der Waals surface area contributed by atoms with E-state index in [9.17, 15) is 19.2 Å². The van der Waals surface area contributed by atoms with Crippen molar-refractivity contribution in [2.24, 2.45) is 0 Å². The van der Waals surface area contributed by atoms with Gasteiger partial charge in [0.1, 0.15) is 0 Å². The highest BCUT2D eigenvalue weighted by molar-refractivity contribution is 6.33. The molecule has 7 nitrogen and oxygen atoms in total. The Morgan fingerprint density at radius 1 is 1.04 bits per heavy atom. The lowest BCUT2D eigenvalue weighted by atomic mass is 10.0. The highest BCUT2D eigenvalue weighted by atomic mass is 16.5. The van der Waals surface area contributed by atoms with Crippen LogP contribution in [0, 0.1) is 0 Å². The normalized spacial score (nSPS) is 12.6. The topological polar surface area (TPSA) is 102 Å². The number of hydrogen-bond donors (Lipinski definition) is 2. The van der Waals surface area contributed by atoms with Gasteiger partial charge in [0.05, 0.1) is 7.11 Å². The number of nitrogens with one attached hydrogen (secondary N) is 2. The zero-order valence-corrected chi connectivity index (χ0v) is 14.7. The van der Waals surface area contributed by atoms with Crippen molar-refractivity contribution in [2.75, 3.05) is 7.11 Å². The second-order valence-corrected chi connectivity index (χ2v) is 5.88. The maximum Gasteiger partial charge on any atom is 0.374 e. The molecule has 25 heavy (non-hydrogen) atoms. The van der Waals surface area contributed by atoms with Crippen LogP contribution in [0.3, 0.4) is 0 Å². The zero-order chi connectivity index (χ0) is 18.8. The van der Waals surface area contributed by atoms with Crippen LogP contribution in [0.5, 0.6) is 0 Å². The second kappa shape index (κ2) is 10.2. The summed E-state index contributed by atoms with van der Waals surface area (Å²) in [4.78, 5) is 46.4. The molecule has 1 aromatic rings. The number of ether oxygens (including phenoxy) is 1. The van der Waals surface area contributed by atoms with Crippen LogP contribution in [-0.4, -0.2) is 42.8 Å². The molecule has 0 aliphatic heterocycles. The third-order valence-corrected chi connectivity index (χ3v) is 3.48. The first kappa shape index (κ1) is 20.3. The van der Waals surface area contributed by atoms with E-state index in [4.69, 9.17) is 0 Å². The molecule has 0 aromatic heterocycles. The number of ketones is 1. The maximum atomic E-state index is 12.2. The predicted molar refractivity (Wildman–Crippen MR) is 91.6 cm³/mol. The molecule has 0 aliphatic rings. The summed E-state index contributed by atoms with van der Waals surface area (Å²) in [7, 11) is 1.14. The summed E-state index contributed by atoms with van der Waals surface area (Å²) in [5, 5.41) is 5.38. The third kappa shape index (κ3) is 8.10. The first-order valence-electron chi connectivity index (χ1n) is 8.03. The Labute approximate surface area is 147 Å². The average molecular weight is 348 g/mol. The summed E-state index contributed by atoms with van der Waals surface area (Å²) in [5.74, 6) is -2.15. The Bertz CT molecular complexity index is 615. The molecule has 1 rings (SSSR count). The van der Waals surface area contributed by atoms with Gasteiger partial charge < -0.3 is 15.4 Å². The molecule has 1 aromatic carbocycles. The van der Waals surface area contributed by atoms with Crippen molar-refractivity contribution >= 4 is 23.6 Å². The van der Waals surface area contributed by atoms with Crippen LogP contribution in [0.15, 0.2) is 30.3 Å². The van der Waals surface area contributed by atoms with E-state index in [-0.39, 0.29) is 30.7 Å². The summed E-state index contributed by atoms with van der Waals surface area (Å²) in [5.41, 5.74) is 0.931. The maximum absolute atomic E-state index is 12.2. The van der Waals surface area contributed by atoms with Gasteiger partial charge >= 0.3 is 5.97 Å². The first-order valence-corrected chi connectivity index (χ1v) is 8.03. The molecule has 0 bridgehead atoms. The largest absolute Gasteiger partial charge is 0.463 e. The molecular weight excluding hydrogens is 324 g/mol. The minimum atomic E-state index is -0.932. The van der Waals surface area contributed by atoms with Crippen LogP contribution >= 0.6 is 0 Å². The van der Waals surface area contributed by atoms with E-state index in [0.717, 1.165) is 12.7 Å². The first-order chi connectivity index (χ1) is 11.8. The van der Waals surface area contributed by atoms with Gasteiger partial charge in [-0.1, -0.05) is 30.3 Å². The van der Waals surface area contributed by atoms with Crippen molar-refractivity contribution in [3.05, 3.63) is 35.9 Å². The van der Waals surface area contributed by atoms with Crippen LogP contribution in [0.4, 0.5) is 0 Å². The standard InChI is InChI=1S/C18H24N2O5/c1-12(19-13(2)21)9-17(23)20-15(11-16(22)18(24)25-3)10-14-7-5-4-6-8-14/h4-8,12,15H,9-11H2,1-3H3,(H,19,21)(H,20,23)/t12-,15?/m0/s1. The highest BCUT2D eigenvalue weighted by Crippen LogP contribution is 2.08. The number of carbonyl (C=O) groups excluding carboxylic acids is 4. The number of benzene rings is 1. The van der Waals surface area contributed by atoms with Crippen molar-refractivity contribution in [3.63, 3.8) is 0 Å². The molecule has 7 heteroatoms. The van der Waals surface area contributed by atoms with E-state index in [2.05, 4.69) is 15.4 Å². The molecule has 0 aliphatic carbocycles. The Morgan fingerprint density at radius 3 is 2.24 bits per heavy atom. The minimum absolute atomic E-state index is 0.0806. The Balaban J connectivity index is 2.72. The summed E-state index contributed by atoms with van der Waals surface area (Å²) >= 11 is 0. The molecule has 0 saturated carbocycles. The van der Waals surface area contributed by atoms with Gasteiger partial charge in [0, 0.05) is 31.8 Å².